The predicted octanol–water partition coefficient (Wildman–Crippen LogP) is 2.92. The summed E-state index contributed by atoms with van der Waals surface area (Å²) in [6.45, 7) is 2.22. The zero-order valence-corrected chi connectivity index (χ0v) is 9.28. The van der Waals surface area contributed by atoms with Crippen molar-refractivity contribution in [3.05, 3.63) is 20.8 Å². The minimum Gasteiger partial charge on any atom is -0.393 e. The number of rotatable bonds is 1. The van der Waals surface area contributed by atoms with Crippen LogP contribution in [0.25, 0.3) is 0 Å². The zero-order valence-electron chi connectivity index (χ0n) is 6.88. The maximum Gasteiger partial charge on any atom is 0.0701 e. The highest BCUT2D eigenvalue weighted by molar-refractivity contribution is 9.11. The Hall–Kier alpha value is 0.140. The lowest BCUT2D eigenvalue weighted by molar-refractivity contribution is 0.0290. The average Bonchev–Trinajstić information content (AvgIpc) is 2.33. The number of aliphatic hydroxyl groups excluding tert-OH is 1. The SMILES string of the molecule is CC1(c2ccc(Br)s2)CC(O)C1. The van der Waals surface area contributed by atoms with Crippen LogP contribution in [0.4, 0.5) is 0 Å². The van der Waals surface area contributed by atoms with E-state index in [9.17, 15) is 5.11 Å². The highest BCUT2D eigenvalue weighted by atomic mass is 79.9. The first-order valence-electron chi connectivity index (χ1n) is 4.04. The monoisotopic (exact) mass is 246 g/mol. The van der Waals surface area contributed by atoms with Gasteiger partial charge in [-0.2, -0.15) is 0 Å². The summed E-state index contributed by atoms with van der Waals surface area (Å²) in [4.78, 5) is 1.39. The second kappa shape index (κ2) is 2.82. The summed E-state index contributed by atoms with van der Waals surface area (Å²) in [5.74, 6) is 0. The van der Waals surface area contributed by atoms with Crippen LogP contribution in [0, 0.1) is 0 Å². The number of thiophene rings is 1. The van der Waals surface area contributed by atoms with Crippen LogP contribution in [0.15, 0.2) is 15.9 Å². The molecule has 1 fully saturated rings. The molecule has 0 aromatic carbocycles. The molecule has 0 radical (unpaired) electrons. The number of aliphatic hydroxyl groups is 1. The van der Waals surface area contributed by atoms with Crippen LogP contribution in [0.2, 0.25) is 0 Å². The van der Waals surface area contributed by atoms with Crippen LogP contribution in [0.3, 0.4) is 0 Å². The van der Waals surface area contributed by atoms with Crippen LogP contribution < -0.4 is 0 Å². The Morgan fingerprint density at radius 1 is 1.58 bits per heavy atom. The molecular formula is C9H11BrOS. The molecule has 0 unspecified atom stereocenters. The molecule has 0 aliphatic heterocycles. The van der Waals surface area contributed by atoms with Crippen molar-refractivity contribution in [2.45, 2.75) is 31.3 Å². The topological polar surface area (TPSA) is 20.2 Å². The van der Waals surface area contributed by atoms with E-state index in [0.29, 0.717) is 0 Å². The molecular weight excluding hydrogens is 236 g/mol. The van der Waals surface area contributed by atoms with Crippen molar-refractivity contribution in [1.82, 2.24) is 0 Å². The first-order valence-corrected chi connectivity index (χ1v) is 5.65. The smallest absolute Gasteiger partial charge is 0.0701 e. The third kappa shape index (κ3) is 1.34. The van der Waals surface area contributed by atoms with E-state index < -0.39 is 0 Å². The van der Waals surface area contributed by atoms with Gasteiger partial charge in [0.1, 0.15) is 0 Å². The second-order valence-corrected chi connectivity index (χ2v) is 6.19. The van der Waals surface area contributed by atoms with E-state index in [1.807, 2.05) is 0 Å². The molecule has 66 valence electrons. The second-order valence-electron chi connectivity index (χ2n) is 3.73. The first-order chi connectivity index (χ1) is 5.60. The normalized spacial score (nSPS) is 34.8. The number of halogens is 1. The van der Waals surface area contributed by atoms with Gasteiger partial charge in [0, 0.05) is 10.3 Å². The molecule has 0 saturated heterocycles. The van der Waals surface area contributed by atoms with Gasteiger partial charge in [-0.1, -0.05) is 6.92 Å². The van der Waals surface area contributed by atoms with Gasteiger partial charge in [0.25, 0.3) is 0 Å². The van der Waals surface area contributed by atoms with E-state index in [1.54, 1.807) is 11.3 Å². The van der Waals surface area contributed by atoms with Crippen molar-refractivity contribution < 1.29 is 5.11 Å². The van der Waals surface area contributed by atoms with E-state index in [2.05, 4.69) is 35.0 Å². The lowest BCUT2D eigenvalue weighted by Crippen LogP contribution is -2.41. The average molecular weight is 247 g/mol. The van der Waals surface area contributed by atoms with Gasteiger partial charge < -0.3 is 5.11 Å². The summed E-state index contributed by atoms with van der Waals surface area (Å²) >= 11 is 5.23. The van der Waals surface area contributed by atoms with Gasteiger partial charge >= 0.3 is 0 Å². The van der Waals surface area contributed by atoms with E-state index in [0.717, 1.165) is 12.8 Å². The van der Waals surface area contributed by atoms with Crippen LogP contribution in [0.5, 0.6) is 0 Å². The quantitative estimate of drug-likeness (QED) is 0.808. The molecule has 1 aliphatic rings. The summed E-state index contributed by atoms with van der Waals surface area (Å²) in [7, 11) is 0. The molecule has 1 nitrogen and oxygen atoms in total. The Morgan fingerprint density at radius 3 is 2.67 bits per heavy atom. The molecule has 0 amide bonds. The summed E-state index contributed by atoms with van der Waals surface area (Å²) in [6.07, 6.45) is 1.76. The molecule has 2 rings (SSSR count). The van der Waals surface area contributed by atoms with Crippen molar-refractivity contribution in [3.8, 4) is 0 Å². The van der Waals surface area contributed by atoms with Gasteiger partial charge in [0.05, 0.1) is 9.89 Å². The standard InChI is InChI=1S/C9H11BrOS/c1-9(4-6(11)5-9)7-2-3-8(10)12-7/h2-3,6,11H,4-5H2,1H3. The summed E-state index contributed by atoms with van der Waals surface area (Å²) in [5.41, 5.74) is 0.246. The van der Waals surface area contributed by atoms with Gasteiger partial charge in [-0.05, 0) is 40.9 Å². The molecule has 0 bridgehead atoms. The largest absolute Gasteiger partial charge is 0.393 e. The molecule has 0 spiro atoms. The maximum absolute atomic E-state index is 9.24. The molecule has 1 aromatic rings. The first kappa shape index (κ1) is 8.73. The molecule has 3 heteroatoms. The van der Waals surface area contributed by atoms with Crippen LogP contribution in [-0.4, -0.2) is 11.2 Å². The Morgan fingerprint density at radius 2 is 2.25 bits per heavy atom. The lowest BCUT2D eigenvalue weighted by atomic mass is 9.67. The fourth-order valence-electron chi connectivity index (χ4n) is 1.82. The van der Waals surface area contributed by atoms with Gasteiger partial charge in [0.15, 0.2) is 0 Å². The van der Waals surface area contributed by atoms with E-state index in [1.165, 1.54) is 8.66 Å². The van der Waals surface area contributed by atoms with E-state index in [4.69, 9.17) is 0 Å². The van der Waals surface area contributed by atoms with Crippen molar-refractivity contribution in [3.63, 3.8) is 0 Å². The molecule has 12 heavy (non-hydrogen) atoms. The van der Waals surface area contributed by atoms with Crippen molar-refractivity contribution in [1.29, 1.82) is 0 Å². The fraction of sp³-hybridized carbons (Fsp3) is 0.556. The predicted molar refractivity (Wildman–Crippen MR) is 54.6 cm³/mol. The third-order valence-corrected chi connectivity index (χ3v) is 4.47. The number of hydrogen-bond donors (Lipinski definition) is 1. The Kier molecular flexibility index (Phi) is 2.05. The zero-order chi connectivity index (χ0) is 8.77. The molecule has 1 saturated carbocycles. The Bertz CT molecular complexity index is 288. The number of hydrogen-bond acceptors (Lipinski definition) is 2. The van der Waals surface area contributed by atoms with E-state index in [-0.39, 0.29) is 11.5 Å². The summed E-state index contributed by atoms with van der Waals surface area (Å²) in [5, 5.41) is 9.24. The van der Waals surface area contributed by atoms with Crippen LogP contribution in [0.1, 0.15) is 24.6 Å². The Balaban J connectivity index is 2.20. The highest BCUT2D eigenvalue weighted by Crippen LogP contribution is 2.46. The fourth-order valence-corrected chi connectivity index (χ4v) is 3.37. The highest BCUT2D eigenvalue weighted by Gasteiger charge is 2.41. The third-order valence-electron chi connectivity index (χ3n) is 2.54. The van der Waals surface area contributed by atoms with Crippen molar-refractivity contribution in [2.24, 2.45) is 0 Å². The summed E-state index contributed by atoms with van der Waals surface area (Å²) in [6, 6.07) is 4.23. The molecule has 1 N–H and O–H groups in total. The molecule has 1 heterocycles. The van der Waals surface area contributed by atoms with Gasteiger partial charge in [0.2, 0.25) is 0 Å². The Labute approximate surface area is 84.6 Å². The lowest BCUT2D eigenvalue weighted by Gasteiger charge is -2.41. The van der Waals surface area contributed by atoms with Crippen molar-refractivity contribution in [2.75, 3.05) is 0 Å². The van der Waals surface area contributed by atoms with Gasteiger partial charge in [-0.15, -0.1) is 11.3 Å². The minimum absolute atomic E-state index is 0.0733. The van der Waals surface area contributed by atoms with Crippen LogP contribution in [-0.2, 0) is 5.41 Å². The van der Waals surface area contributed by atoms with Gasteiger partial charge in [-0.25, -0.2) is 0 Å². The van der Waals surface area contributed by atoms with E-state index >= 15 is 0 Å². The minimum atomic E-state index is -0.0733. The van der Waals surface area contributed by atoms with Crippen LogP contribution >= 0.6 is 27.3 Å². The summed E-state index contributed by atoms with van der Waals surface area (Å²) < 4.78 is 1.18. The van der Waals surface area contributed by atoms with Crippen molar-refractivity contribution >= 4 is 27.3 Å². The molecule has 0 atom stereocenters. The van der Waals surface area contributed by atoms with Gasteiger partial charge in [-0.3, -0.25) is 0 Å². The maximum atomic E-state index is 9.24. The molecule has 1 aromatic heterocycles. The molecule has 1 aliphatic carbocycles.